The van der Waals surface area contributed by atoms with E-state index in [1.807, 2.05) is 24.4 Å². The minimum Gasteiger partial charge on any atom is -0.364 e. The van der Waals surface area contributed by atoms with E-state index < -0.39 is 5.91 Å². The molecule has 0 aliphatic heterocycles. The zero-order chi connectivity index (χ0) is 16.2. The van der Waals surface area contributed by atoms with Crippen LogP contribution < -0.4 is 11.1 Å². The lowest BCUT2D eigenvalue weighted by molar-refractivity contribution is 0.0950. The average Bonchev–Trinajstić information content (AvgIpc) is 2.98. The minimum atomic E-state index is -0.615. The van der Waals surface area contributed by atoms with Crippen molar-refractivity contribution >= 4 is 22.7 Å². The molecule has 3 rings (SSSR count). The Kier molecular flexibility index (Phi) is 4.05. The fourth-order valence-electron chi connectivity index (χ4n) is 2.43. The van der Waals surface area contributed by atoms with Crippen LogP contribution in [0.15, 0.2) is 48.8 Å². The number of primary amides is 1. The lowest BCUT2D eigenvalue weighted by Gasteiger charge is -2.05. The van der Waals surface area contributed by atoms with E-state index in [9.17, 15) is 9.59 Å². The molecule has 0 saturated carbocycles. The van der Waals surface area contributed by atoms with Crippen molar-refractivity contribution in [1.29, 1.82) is 0 Å². The highest BCUT2D eigenvalue weighted by Crippen LogP contribution is 2.17. The molecular formula is C17H16N4O2. The first-order chi connectivity index (χ1) is 11.1. The smallest absolute Gasteiger partial charge is 0.267 e. The maximum absolute atomic E-state index is 12.0. The van der Waals surface area contributed by atoms with Crippen molar-refractivity contribution < 1.29 is 9.59 Å². The normalized spacial score (nSPS) is 10.6. The number of benzene rings is 1. The molecule has 0 radical (unpaired) electrons. The molecule has 0 spiro atoms. The number of rotatable bonds is 5. The zero-order valence-corrected chi connectivity index (χ0v) is 12.4. The predicted octanol–water partition coefficient (Wildman–Crippen LogP) is 1.63. The van der Waals surface area contributed by atoms with E-state index in [0.29, 0.717) is 12.1 Å². The van der Waals surface area contributed by atoms with Crippen LogP contribution in [0.3, 0.4) is 0 Å². The molecule has 4 N–H and O–H groups in total. The van der Waals surface area contributed by atoms with Crippen LogP contribution in [0.5, 0.6) is 0 Å². The Labute approximate surface area is 132 Å². The number of nitrogens with two attached hydrogens (primary N) is 1. The van der Waals surface area contributed by atoms with E-state index in [1.54, 1.807) is 0 Å². The molecule has 116 valence electrons. The molecule has 0 saturated heterocycles. The van der Waals surface area contributed by atoms with Crippen LogP contribution in [0.1, 0.15) is 26.4 Å². The van der Waals surface area contributed by atoms with Gasteiger partial charge in [0.15, 0.2) is 0 Å². The number of pyridine rings is 1. The standard InChI is InChI=1S/C17H16N4O2/c18-16(22)15-6-5-12(10-21-15)17(23)19-8-7-11-9-20-14-4-2-1-3-13(11)14/h1-6,9-10,20H,7-8H2,(H2,18,22)(H,19,23). The van der Waals surface area contributed by atoms with Crippen LogP contribution in [0, 0.1) is 0 Å². The maximum Gasteiger partial charge on any atom is 0.267 e. The maximum atomic E-state index is 12.0. The van der Waals surface area contributed by atoms with Crippen LogP contribution in [-0.4, -0.2) is 28.3 Å². The molecule has 0 aliphatic carbocycles. The van der Waals surface area contributed by atoms with E-state index in [1.165, 1.54) is 18.3 Å². The van der Waals surface area contributed by atoms with Crippen LogP contribution in [0.2, 0.25) is 0 Å². The van der Waals surface area contributed by atoms with Crippen molar-refractivity contribution in [1.82, 2.24) is 15.3 Å². The van der Waals surface area contributed by atoms with Gasteiger partial charge >= 0.3 is 0 Å². The molecule has 23 heavy (non-hydrogen) atoms. The van der Waals surface area contributed by atoms with Crippen LogP contribution in [0.25, 0.3) is 10.9 Å². The van der Waals surface area contributed by atoms with E-state index in [-0.39, 0.29) is 11.6 Å². The second kappa shape index (κ2) is 6.31. The van der Waals surface area contributed by atoms with E-state index in [4.69, 9.17) is 5.73 Å². The van der Waals surface area contributed by atoms with Gasteiger partial charge < -0.3 is 16.0 Å². The Morgan fingerprint density at radius 3 is 2.74 bits per heavy atom. The first-order valence-electron chi connectivity index (χ1n) is 7.24. The molecule has 2 aromatic heterocycles. The summed E-state index contributed by atoms with van der Waals surface area (Å²) in [6.45, 7) is 0.512. The third-order valence-corrected chi connectivity index (χ3v) is 3.63. The predicted molar refractivity (Wildman–Crippen MR) is 87.1 cm³/mol. The van der Waals surface area contributed by atoms with Gasteiger partial charge in [-0.3, -0.25) is 14.6 Å². The first-order valence-corrected chi connectivity index (χ1v) is 7.24. The van der Waals surface area contributed by atoms with Gasteiger partial charge in [0, 0.05) is 29.8 Å². The number of hydrogen-bond donors (Lipinski definition) is 3. The van der Waals surface area contributed by atoms with Gasteiger partial charge in [0.25, 0.3) is 11.8 Å². The van der Waals surface area contributed by atoms with Gasteiger partial charge in [0.1, 0.15) is 5.69 Å². The molecule has 0 aliphatic rings. The monoisotopic (exact) mass is 308 g/mol. The zero-order valence-electron chi connectivity index (χ0n) is 12.4. The van der Waals surface area contributed by atoms with Crippen molar-refractivity contribution in [2.24, 2.45) is 5.73 Å². The highest BCUT2D eigenvalue weighted by molar-refractivity contribution is 5.95. The third kappa shape index (κ3) is 3.21. The molecule has 2 heterocycles. The summed E-state index contributed by atoms with van der Waals surface area (Å²) in [6.07, 6.45) is 4.03. The van der Waals surface area contributed by atoms with E-state index >= 15 is 0 Å². The fraction of sp³-hybridized carbons (Fsp3) is 0.118. The van der Waals surface area contributed by atoms with Crippen LogP contribution in [0.4, 0.5) is 0 Å². The van der Waals surface area contributed by atoms with Gasteiger partial charge in [-0.1, -0.05) is 18.2 Å². The number of aromatic amines is 1. The van der Waals surface area contributed by atoms with Crippen molar-refractivity contribution in [2.45, 2.75) is 6.42 Å². The van der Waals surface area contributed by atoms with Crippen LogP contribution >= 0.6 is 0 Å². The molecule has 0 atom stereocenters. The van der Waals surface area contributed by atoms with Gasteiger partial charge in [-0.25, -0.2) is 0 Å². The number of fused-ring (bicyclic) bond motifs is 1. The first kappa shape index (κ1) is 14.8. The Balaban J connectivity index is 1.60. The van der Waals surface area contributed by atoms with Gasteiger partial charge in [0.2, 0.25) is 0 Å². The van der Waals surface area contributed by atoms with Gasteiger partial charge in [0.05, 0.1) is 5.56 Å². The summed E-state index contributed by atoms with van der Waals surface area (Å²) in [7, 11) is 0. The second-order valence-corrected chi connectivity index (χ2v) is 5.16. The van der Waals surface area contributed by atoms with Crippen molar-refractivity contribution in [2.75, 3.05) is 6.54 Å². The molecule has 1 aromatic carbocycles. The Morgan fingerprint density at radius 2 is 2.00 bits per heavy atom. The molecule has 0 bridgehead atoms. The summed E-state index contributed by atoms with van der Waals surface area (Å²) >= 11 is 0. The Morgan fingerprint density at radius 1 is 1.17 bits per heavy atom. The SMILES string of the molecule is NC(=O)c1ccc(C(=O)NCCc2c[nH]c3ccccc23)cn1. The summed E-state index contributed by atoms with van der Waals surface area (Å²) in [4.78, 5) is 30.1. The van der Waals surface area contributed by atoms with Crippen molar-refractivity contribution in [3.8, 4) is 0 Å². The second-order valence-electron chi connectivity index (χ2n) is 5.16. The number of carbonyl (C=O) groups is 2. The molecular weight excluding hydrogens is 292 g/mol. The van der Waals surface area contributed by atoms with Gasteiger partial charge in [-0.05, 0) is 30.2 Å². The molecule has 6 heteroatoms. The van der Waals surface area contributed by atoms with Crippen LogP contribution in [-0.2, 0) is 6.42 Å². The number of aromatic nitrogens is 2. The van der Waals surface area contributed by atoms with Crippen molar-refractivity contribution in [3.05, 3.63) is 65.6 Å². The van der Waals surface area contributed by atoms with Gasteiger partial charge in [-0.2, -0.15) is 0 Å². The third-order valence-electron chi connectivity index (χ3n) is 3.63. The van der Waals surface area contributed by atoms with Crippen molar-refractivity contribution in [3.63, 3.8) is 0 Å². The molecule has 0 unspecified atom stereocenters. The van der Waals surface area contributed by atoms with E-state index in [2.05, 4.69) is 21.4 Å². The van der Waals surface area contributed by atoms with E-state index in [0.717, 1.165) is 22.9 Å². The lowest BCUT2D eigenvalue weighted by Crippen LogP contribution is -2.26. The number of amides is 2. The quantitative estimate of drug-likeness (QED) is 0.667. The number of para-hydroxylation sites is 1. The molecule has 2 amide bonds. The number of nitrogens with one attached hydrogen (secondary N) is 2. The molecule has 0 fully saturated rings. The lowest BCUT2D eigenvalue weighted by atomic mass is 10.1. The largest absolute Gasteiger partial charge is 0.364 e. The molecule has 6 nitrogen and oxygen atoms in total. The molecule has 3 aromatic rings. The summed E-state index contributed by atoms with van der Waals surface area (Å²) in [5.41, 5.74) is 7.89. The number of H-pyrrole nitrogens is 1. The average molecular weight is 308 g/mol. The highest BCUT2D eigenvalue weighted by Gasteiger charge is 2.08. The topological polar surface area (TPSA) is 101 Å². The summed E-state index contributed by atoms with van der Waals surface area (Å²) < 4.78 is 0. The Hall–Kier alpha value is -3.15. The van der Waals surface area contributed by atoms with Gasteiger partial charge in [-0.15, -0.1) is 0 Å². The number of hydrogen-bond acceptors (Lipinski definition) is 3. The fourth-order valence-corrected chi connectivity index (χ4v) is 2.43. The minimum absolute atomic E-state index is 0.139. The summed E-state index contributed by atoms with van der Waals surface area (Å²) in [5, 5.41) is 4.00. The highest BCUT2D eigenvalue weighted by atomic mass is 16.2. The summed E-state index contributed by atoms with van der Waals surface area (Å²) in [5.74, 6) is -0.843. The Bertz CT molecular complexity index is 852. The number of carbonyl (C=O) groups excluding carboxylic acids is 2. The number of nitrogens with zero attached hydrogens (tertiary/aromatic N) is 1. The summed E-state index contributed by atoms with van der Waals surface area (Å²) in [6, 6.07) is 11.0.